The largest absolute Gasteiger partial charge is 0.489 e. The molecule has 4 aromatic rings. The van der Waals surface area contributed by atoms with Crippen molar-refractivity contribution in [2.75, 3.05) is 4.90 Å². The van der Waals surface area contributed by atoms with Gasteiger partial charge in [0.05, 0.1) is 22.2 Å². The molecule has 1 N–H and O–H groups in total. The summed E-state index contributed by atoms with van der Waals surface area (Å²) in [6, 6.07) is 17.1. The van der Waals surface area contributed by atoms with Crippen LogP contribution in [0.2, 0.25) is 5.02 Å². The van der Waals surface area contributed by atoms with E-state index in [0.29, 0.717) is 31.1 Å². The van der Waals surface area contributed by atoms with Crippen LogP contribution in [0.15, 0.2) is 76.6 Å². The van der Waals surface area contributed by atoms with Crippen molar-refractivity contribution < 1.29 is 27.5 Å². The first-order chi connectivity index (χ1) is 19.5. The van der Waals surface area contributed by atoms with E-state index in [9.17, 15) is 27.6 Å². The van der Waals surface area contributed by atoms with Crippen molar-refractivity contribution in [3.8, 4) is 5.75 Å². The van der Waals surface area contributed by atoms with Gasteiger partial charge in [-0.15, -0.1) is 0 Å². The maximum atomic E-state index is 14.0. The number of anilines is 1. The first kappa shape index (κ1) is 27.6. The number of aromatic amines is 1. The molecule has 3 atom stereocenters. The number of carbonyl (C=O) groups excluding carboxylic acids is 2. The Labute approximate surface area is 245 Å². The number of benzene rings is 3. The third-order valence-electron chi connectivity index (χ3n) is 7.06. The van der Waals surface area contributed by atoms with Crippen LogP contribution in [0.25, 0.3) is 0 Å². The number of rotatable bonds is 5. The number of halogens is 4. The van der Waals surface area contributed by atoms with Crippen molar-refractivity contribution in [3.63, 3.8) is 0 Å². The van der Waals surface area contributed by atoms with E-state index in [4.69, 9.17) is 16.3 Å². The van der Waals surface area contributed by atoms with Crippen molar-refractivity contribution >= 4 is 52.2 Å². The van der Waals surface area contributed by atoms with Crippen LogP contribution in [0, 0.1) is 12.8 Å². The predicted molar refractivity (Wildman–Crippen MR) is 151 cm³/mol. The second-order valence-electron chi connectivity index (χ2n) is 9.74. The molecule has 0 radical (unpaired) electrons. The molecule has 0 saturated carbocycles. The highest BCUT2D eigenvalue weighted by atomic mass is 35.5. The molecule has 41 heavy (non-hydrogen) atoms. The number of hydrogen-bond donors (Lipinski definition) is 1. The van der Waals surface area contributed by atoms with Crippen molar-refractivity contribution in [3.05, 3.63) is 109 Å². The van der Waals surface area contributed by atoms with Gasteiger partial charge in [0.15, 0.2) is 0 Å². The van der Waals surface area contributed by atoms with Crippen molar-refractivity contribution in [1.82, 2.24) is 4.98 Å². The fraction of sp³-hybridized carbons (Fsp3) is 0.207. The van der Waals surface area contributed by atoms with Crippen LogP contribution in [0.4, 0.5) is 18.9 Å². The Hall–Kier alpha value is -3.54. The molecule has 2 unspecified atom stereocenters. The Kier molecular flexibility index (Phi) is 6.99. The minimum absolute atomic E-state index is 0.195. The number of ether oxygens (including phenoxy) is 1. The third-order valence-corrected chi connectivity index (χ3v) is 9.69. The quantitative estimate of drug-likeness (QED) is 0.250. The second-order valence-corrected chi connectivity index (χ2v) is 12.3. The number of thiazole rings is 1. The number of alkyl halides is 3. The van der Waals surface area contributed by atoms with Crippen molar-refractivity contribution in [1.29, 1.82) is 0 Å². The highest BCUT2D eigenvalue weighted by molar-refractivity contribution is 8.00. The summed E-state index contributed by atoms with van der Waals surface area (Å²) >= 11 is 8.26. The summed E-state index contributed by atoms with van der Waals surface area (Å²) < 4.78 is 47.9. The maximum Gasteiger partial charge on any atom is 0.418 e. The first-order valence-electron chi connectivity index (χ1n) is 12.4. The zero-order chi connectivity index (χ0) is 29.1. The molecule has 0 spiro atoms. The van der Waals surface area contributed by atoms with E-state index in [1.54, 1.807) is 18.2 Å². The molecule has 6 rings (SSSR count). The molecular weight excluding hydrogens is 597 g/mol. The number of amides is 2. The molecule has 2 amide bonds. The molecule has 210 valence electrons. The Bertz CT molecular complexity index is 1750. The number of carbonyl (C=O) groups is 2. The molecule has 3 aromatic carbocycles. The molecule has 12 heteroatoms. The topological polar surface area (TPSA) is 79.5 Å². The second kappa shape index (κ2) is 10.4. The lowest BCUT2D eigenvalue weighted by Crippen LogP contribution is -2.33. The van der Waals surface area contributed by atoms with E-state index in [2.05, 4.69) is 4.98 Å². The molecule has 6 nitrogen and oxygen atoms in total. The molecule has 0 aliphatic carbocycles. The summed E-state index contributed by atoms with van der Waals surface area (Å²) in [4.78, 5) is 43.6. The maximum absolute atomic E-state index is 14.0. The van der Waals surface area contributed by atoms with Crippen LogP contribution >= 0.6 is 34.7 Å². The van der Waals surface area contributed by atoms with Gasteiger partial charge < -0.3 is 9.72 Å². The number of para-hydroxylation sites is 1. The predicted octanol–water partition coefficient (Wildman–Crippen LogP) is 6.79. The van der Waals surface area contributed by atoms with E-state index >= 15 is 0 Å². The molecule has 1 saturated heterocycles. The molecule has 3 heterocycles. The van der Waals surface area contributed by atoms with Crippen LogP contribution in [-0.4, -0.2) is 22.0 Å². The van der Waals surface area contributed by atoms with Gasteiger partial charge in [0, 0.05) is 21.4 Å². The lowest BCUT2D eigenvalue weighted by Gasteiger charge is -2.31. The summed E-state index contributed by atoms with van der Waals surface area (Å²) in [5, 5.41) is -0.351. The van der Waals surface area contributed by atoms with Gasteiger partial charge in [-0.25, -0.2) is 4.90 Å². The normalized spacial score (nSPS) is 20.2. The molecule has 1 aromatic heterocycles. The van der Waals surface area contributed by atoms with Gasteiger partial charge in [-0.1, -0.05) is 76.7 Å². The summed E-state index contributed by atoms with van der Waals surface area (Å²) in [5.41, 5.74) is 0.796. The van der Waals surface area contributed by atoms with Gasteiger partial charge in [0.2, 0.25) is 11.8 Å². The third kappa shape index (κ3) is 4.96. The number of hydrogen-bond acceptors (Lipinski definition) is 6. The van der Waals surface area contributed by atoms with Gasteiger partial charge in [-0.2, -0.15) is 13.2 Å². The van der Waals surface area contributed by atoms with Crippen LogP contribution < -0.4 is 14.5 Å². The van der Waals surface area contributed by atoms with E-state index < -0.39 is 46.3 Å². The van der Waals surface area contributed by atoms with Crippen LogP contribution in [0.3, 0.4) is 0 Å². The van der Waals surface area contributed by atoms with Gasteiger partial charge in [0.1, 0.15) is 17.6 Å². The lowest BCUT2D eigenvalue weighted by atomic mass is 9.82. The SMILES string of the molecule is Cc1cccc(COc2ccc(Cl)cc2[C@H]2c3sc(=O)[nH]c3SC3C(=O)N(c4ccccc4C(F)(F)F)C(=O)C32)c1. The number of aryl methyl sites for hydroxylation is 1. The summed E-state index contributed by atoms with van der Waals surface area (Å²) in [7, 11) is 0. The fourth-order valence-corrected chi connectivity index (χ4v) is 8.04. The number of imide groups is 1. The molecule has 2 aliphatic heterocycles. The highest BCUT2D eigenvalue weighted by Crippen LogP contribution is 2.55. The van der Waals surface area contributed by atoms with Crippen molar-refractivity contribution in [2.24, 2.45) is 5.92 Å². The first-order valence-corrected chi connectivity index (χ1v) is 14.5. The number of H-pyrrole nitrogens is 1. The van der Waals surface area contributed by atoms with E-state index in [1.807, 2.05) is 31.2 Å². The van der Waals surface area contributed by atoms with E-state index in [-0.39, 0.29) is 11.5 Å². The number of nitrogens with one attached hydrogen (secondary N) is 1. The van der Waals surface area contributed by atoms with Crippen molar-refractivity contribution in [2.45, 2.75) is 35.9 Å². The average Bonchev–Trinajstić information content (AvgIpc) is 3.41. The zero-order valence-electron chi connectivity index (χ0n) is 21.2. The zero-order valence-corrected chi connectivity index (χ0v) is 23.6. The van der Waals surface area contributed by atoms with Crippen LogP contribution in [-0.2, 0) is 22.4 Å². The molecule has 1 fully saturated rings. The van der Waals surface area contributed by atoms with Gasteiger partial charge in [-0.3, -0.25) is 14.4 Å². The Morgan fingerprint density at radius 3 is 2.54 bits per heavy atom. The minimum atomic E-state index is -4.79. The number of nitrogens with zero attached hydrogens (tertiary/aromatic N) is 1. The highest BCUT2D eigenvalue weighted by Gasteiger charge is 2.57. The van der Waals surface area contributed by atoms with Gasteiger partial charge in [0.25, 0.3) is 0 Å². The fourth-order valence-electron chi connectivity index (χ4n) is 5.35. The number of aromatic nitrogens is 1. The summed E-state index contributed by atoms with van der Waals surface area (Å²) in [6.07, 6.45) is -4.79. The smallest absolute Gasteiger partial charge is 0.418 e. The Morgan fingerprint density at radius 2 is 1.78 bits per heavy atom. The standard InChI is InChI=1S/C29H20ClF3N2O4S2/c1-14-5-4-6-15(11-14)13-39-20-10-9-16(30)12-17(20)21-22-24(40-25-23(21)41-28(38)34-25)27(37)35(26(22)36)19-8-3-2-7-18(19)29(31,32)33/h2-12,21-22,24H,13H2,1H3,(H,34,38)/t21-,22?,24?/m1/s1. The minimum Gasteiger partial charge on any atom is -0.489 e. The van der Waals surface area contributed by atoms with E-state index in [0.717, 1.165) is 46.4 Å². The van der Waals surface area contributed by atoms with Crippen LogP contribution in [0.5, 0.6) is 5.75 Å². The average molecular weight is 617 g/mol. The summed E-state index contributed by atoms with van der Waals surface area (Å²) in [6.45, 7) is 2.15. The van der Waals surface area contributed by atoms with Crippen LogP contribution in [0.1, 0.15) is 33.0 Å². The molecule has 2 aliphatic rings. The van der Waals surface area contributed by atoms with Gasteiger partial charge >= 0.3 is 11.0 Å². The van der Waals surface area contributed by atoms with Gasteiger partial charge in [-0.05, 0) is 42.8 Å². The number of fused-ring (bicyclic) bond motifs is 2. The number of thioether (sulfide) groups is 1. The molecule has 0 bridgehead atoms. The monoisotopic (exact) mass is 616 g/mol. The Balaban J connectivity index is 1.46. The Morgan fingerprint density at radius 1 is 1.00 bits per heavy atom. The van der Waals surface area contributed by atoms with E-state index in [1.165, 1.54) is 12.1 Å². The molecular formula is C29H20ClF3N2O4S2. The lowest BCUT2D eigenvalue weighted by molar-refractivity contribution is -0.137. The summed E-state index contributed by atoms with van der Waals surface area (Å²) in [5.74, 6) is -3.16.